The third-order valence-corrected chi connectivity index (χ3v) is 4.64. The number of piperidine rings is 1. The Bertz CT molecular complexity index is 755. The summed E-state index contributed by atoms with van der Waals surface area (Å²) in [7, 11) is 0. The number of aryl methyl sites for hydroxylation is 1. The first-order valence-corrected chi connectivity index (χ1v) is 8.65. The van der Waals surface area contributed by atoms with E-state index in [1.807, 2.05) is 10.9 Å². The van der Waals surface area contributed by atoms with Gasteiger partial charge < -0.3 is 0 Å². The molecule has 2 heterocycles. The molecule has 0 bridgehead atoms. The lowest BCUT2D eigenvalue weighted by molar-refractivity contribution is -0.148. The van der Waals surface area contributed by atoms with E-state index in [4.69, 9.17) is 0 Å². The highest BCUT2D eigenvalue weighted by Crippen LogP contribution is 2.26. The van der Waals surface area contributed by atoms with Crippen LogP contribution in [0.4, 0.5) is 0 Å². The van der Waals surface area contributed by atoms with E-state index in [-0.39, 0.29) is 17.2 Å². The summed E-state index contributed by atoms with van der Waals surface area (Å²) in [6.45, 7) is 7.79. The maximum Gasteiger partial charge on any atom is 0.229 e. The third-order valence-electron chi connectivity index (χ3n) is 4.64. The zero-order chi connectivity index (χ0) is 17.3. The van der Waals surface area contributed by atoms with Gasteiger partial charge in [0.1, 0.15) is 0 Å². The molecule has 24 heavy (non-hydrogen) atoms. The SMILES string of the molecule is CC(C)(C)c1ccc2c(cnn2CCCN2C(=O)CCCC2=O)c1. The highest BCUT2D eigenvalue weighted by atomic mass is 16.2. The Balaban J connectivity index is 1.67. The normalized spacial score (nSPS) is 16.2. The van der Waals surface area contributed by atoms with Gasteiger partial charge in [0.05, 0.1) is 11.7 Å². The molecule has 1 aromatic heterocycles. The first-order chi connectivity index (χ1) is 11.4. The molecule has 2 aromatic rings. The molecule has 0 N–H and O–H groups in total. The minimum atomic E-state index is -0.0357. The molecule has 1 aliphatic heterocycles. The van der Waals surface area contributed by atoms with Crippen molar-refractivity contribution in [1.29, 1.82) is 0 Å². The first kappa shape index (κ1) is 16.7. The number of benzene rings is 1. The lowest BCUT2D eigenvalue weighted by Crippen LogP contribution is -2.40. The second-order valence-electron chi connectivity index (χ2n) is 7.54. The van der Waals surface area contributed by atoms with Crippen molar-refractivity contribution < 1.29 is 9.59 Å². The predicted octanol–water partition coefficient (Wildman–Crippen LogP) is 3.26. The number of hydrogen-bond acceptors (Lipinski definition) is 3. The number of amides is 2. The maximum atomic E-state index is 11.8. The third kappa shape index (κ3) is 3.35. The van der Waals surface area contributed by atoms with E-state index in [0.29, 0.717) is 32.4 Å². The van der Waals surface area contributed by atoms with Crippen LogP contribution in [0.2, 0.25) is 0 Å². The predicted molar refractivity (Wildman–Crippen MR) is 93.6 cm³/mol. The van der Waals surface area contributed by atoms with Crippen LogP contribution in [0.5, 0.6) is 0 Å². The van der Waals surface area contributed by atoms with Crippen molar-refractivity contribution in [2.24, 2.45) is 0 Å². The van der Waals surface area contributed by atoms with Crippen molar-refractivity contribution in [1.82, 2.24) is 14.7 Å². The smallest absolute Gasteiger partial charge is 0.229 e. The summed E-state index contributed by atoms with van der Waals surface area (Å²) in [5, 5.41) is 5.60. The van der Waals surface area contributed by atoms with Gasteiger partial charge in [0.2, 0.25) is 11.8 Å². The van der Waals surface area contributed by atoms with Gasteiger partial charge in [-0.2, -0.15) is 5.10 Å². The monoisotopic (exact) mass is 327 g/mol. The number of likely N-dealkylation sites (tertiary alicyclic amines) is 1. The van der Waals surface area contributed by atoms with E-state index in [1.54, 1.807) is 0 Å². The van der Waals surface area contributed by atoms with Gasteiger partial charge in [-0.1, -0.05) is 26.8 Å². The zero-order valence-corrected chi connectivity index (χ0v) is 14.7. The van der Waals surface area contributed by atoms with Crippen molar-refractivity contribution >= 4 is 22.7 Å². The van der Waals surface area contributed by atoms with Gasteiger partial charge in [0, 0.05) is 31.3 Å². The molecule has 5 nitrogen and oxygen atoms in total. The van der Waals surface area contributed by atoms with E-state index in [0.717, 1.165) is 17.3 Å². The summed E-state index contributed by atoms with van der Waals surface area (Å²) in [5.41, 5.74) is 2.50. The van der Waals surface area contributed by atoms with E-state index in [1.165, 1.54) is 10.5 Å². The first-order valence-electron chi connectivity index (χ1n) is 8.65. The van der Waals surface area contributed by atoms with Gasteiger partial charge in [-0.3, -0.25) is 19.2 Å². The van der Waals surface area contributed by atoms with E-state index >= 15 is 0 Å². The number of carbonyl (C=O) groups is 2. The largest absolute Gasteiger partial charge is 0.283 e. The van der Waals surface area contributed by atoms with Crippen LogP contribution in [-0.2, 0) is 21.5 Å². The number of fused-ring (bicyclic) bond motifs is 1. The minimum absolute atomic E-state index is 0.0357. The fourth-order valence-corrected chi connectivity index (χ4v) is 3.16. The van der Waals surface area contributed by atoms with Crippen molar-refractivity contribution in [3.8, 4) is 0 Å². The Hall–Kier alpha value is -2.17. The Labute approximate surface area is 142 Å². The summed E-state index contributed by atoms with van der Waals surface area (Å²) in [6, 6.07) is 6.45. The highest BCUT2D eigenvalue weighted by molar-refractivity contribution is 5.97. The van der Waals surface area contributed by atoms with Gasteiger partial charge in [-0.05, 0) is 36.0 Å². The summed E-state index contributed by atoms with van der Waals surface area (Å²) < 4.78 is 1.96. The molecule has 128 valence electrons. The standard InChI is InChI=1S/C19H25N3O2/c1-19(2,3)15-8-9-16-14(12-15)13-20-22(16)11-5-10-21-17(23)6-4-7-18(21)24/h8-9,12-13H,4-7,10-11H2,1-3H3. The van der Waals surface area contributed by atoms with Crippen LogP contribution >= 0.6 is 0 Å². The average Bonchev–Trinajstić information content (AvgIpc) is 2.92. The zero-order valence-electron chi connectivity index (χ0n) is 14.7. The maximum absolute atomic E-state index is 11.8. The van der Waals surface area contributed by atoms with Gasteiger partial charge >= 0.3 is 0 Å². The highest BCUT2D eigenvalue weighted by Gasteiger charge is 2.25. The number of rotatable bonds is 4. The summed E-state index contributed by atoms with van der Waals surface area (Å²) in [4.78, 5) is 25.1. The molecule has 5 heteroatoms. The molecule has 1 aliphatic rings. The molecule has 1 saturated heterocycles. The molecule has 0 saturated carbocycles. The van der Waals surface area contributed by atoms with E-state index in [2.05, 4.69) is 44.1 Å². The second-order valence-corrected chi connectivity index (χ2v) is 7.54. The summed E-state index contributed by atoms with van der Waals surface area (Å²) in [5.74, 6) is -0.0715. The minimum Gasteiger partial charge on any atom is -0.283 e. The molecular formula is C19H25N3O2. The van der Waals surface area contributed by atoms with Crippen LogP contribution in [0.1, 0.15) is 52.0 Å². The molecule has 2 amide bonds. The quantitative estimate of drug-likeness (QED) is 0.810. The second kappa shape index (κ2) is 6.38. The van der Waals surface area contributed by atoms with Crippen molar-refractivity contribution in [3.05, 3.63) is 30.0 Å². The number of carbonyl (C=O) groups excluding carboxylic acids is 2. The molecule has 0 atom stereocenters. The van der Waals surface area contributed by atoms with Crippen molar-refractivity contribution in [3.63, 3.8) is 0 Å². The fraction of sp³-hybridized carbons (Fsp3) is 0.526. The van der Waals surface area contributed by atoms with Crippen LogP contribution < -0.4 is 0 Å². The molecular weight excluding hydrogens is 302 g/mol. The Morgan fingerprint density at radius 3 is 2.46 bits per heavy atom. The van der Waals surface area contributed by atoms with Crippen LogP contribution in [0.15, 0.2) is 24.4 Å². The fourth-order valence-electron chi connectivity index (χ4n) is 3.16. The van der Waals surface area contributed by atoms with Crippen molar-refractivity contribution in [2.45, 2.75) is 58.4 Å². The molecule has 1 aromatic carbocycles. The van der Waals surface area contributed by atoms with Crippen LogP contribution in [-0.4, -0.2) is 33.0 Å². The molecule has 0 spiro atoms. The van der Waals surface area contributed by atoms with Gasteiger partial charge in [0.15, 0.2) is 0 Å². The lowest BCUT2D eigenvalue weighted by atomic mass is 9.86. The van der Waals surface area contributed by atoms with E-state index in [9.17, 15) is 9.59 Å². The molecule has 0 radical (unpaired) electrons. The number of hydrogen-bond donors (Lipinski definition) is 0. The number of aromatic nitrogens is 2. The summed E-state index contributed by atoms with van der Waals surface area (Å²) in [6.07, 6.45) is 4.29. The van der Waals surface area contributed by atoms with Gasteiger partial charge in [-0.15, -0.1) is 0 Å². The number of nitrogens with zero attached hydrogens (tertiary/aromatic N) is 3. The van der Waals surface area contributed by atoms with E-state index < -0.39 is 0 Å². The van der Waals surface area contributed by atoms with Crippen molar-refractivity contribution in [2.75, 3.05) is 6.54 Å². The lowest BCUT2D eigenvalue weighted by Gasteiger charge is -2.24. The van der Waals surface area contributed by atoms with Crippen LogP contribution in [0.3, 0.4) is 0 Å². The van der Waals surface area contributed by atoms with Gasteiger partial charge in [-0.25, -0.2) is 0 Å². The molecule has 0 unspecified atom stereocenters. The average molecular weight is 327 g/mol. The van der Waals surface area contributed by atoms with Gasteiger partial charge in [0.25, 0.3) is 0 Å². The molecule has 3 rings (SSSR count). The van der Waals surface area contributed by atoms with Crippen LogP contribution in [0, 0.1) is 0 Å². The Morgan fingerprint density at radius 1 is 1.08 bits per heavy atom. The molecule has 0 aliphatic carbocycles. The number of imide groups is 1. The topological polar surface area (TPSA) is 55.2 Å². The van der Waals surface area contributed by atoms with Crippen LogP contribution in [0.25, 0.3) is 10.9 Å². The molecule has 1 fully saturated rings. The summed E-state index contributed by atoms with van der Waals surface area (Å²) >= 11 is 0. The Morgan fingerprint density at radius 2 is 1.79 bits per heavy atom. The Kier molecular flexibility index (Phi) is 4.43.